The van der Waals surface area contributed by atoms with Gasteiger partial charge in [-0.25, -0.2) is 4.98 Å². The quantitative estimate of drug-likeness (QED) is 0.859. The van der Waals surface area contributed by atoms with Crippen LogP contribution >= 0.6 is 11.3 Å². The van der Waals surface area contributed by atoms with Crippen molar-refractivity contribution in [2.45, 2.75) is 50.7 Å². The van der Waals surface area contributed by atoms with Gasteiger partial charge in [0.05, 0.1) is 16.8 Å². The number of nitrogens with two attached hydrogens (primary N) is 1. The third-order valence-electron chi connectivity index (χ3n) is 3.46. The zero-order valence-electron chi connectivity index (χ0n) is 9.45. The molecule has 2 aliphatic rings. The highest BCUT2D eigenvalue weighted by Gasteiger charge is 2.24. The van der Waals surface area contributed by atoms with E-state index in [0.717, 1.165) is 25.9 Å². The van der Waals surface area contributed by atoms with Gasteiger partial charge in [0.2, 0.25) is 0 Å². The van der Waals surface area contributed by atoms with Gasteiger partial charge in [0, 0.05) is 23.9 Å². The Balaban J connectivity index is 1.75. The summed E-state index contributed by atoms with van der Waals surface area (Å²) in [6.45, 7) is 0.926. The molecule has 1 aromatic rings. The smallest absolute Gasteiger partial charge is 0.0957 e. The summed E-state index contributed by atoms with van der Waals surface area (Å²) in [5, 5.41) is 1.23. The molecule has 1 aliphatic heterocycles. The van der Waals surface area contributed by atoms with Gasteiger partial charge in [0.1, 0.15) is 0 Å². The van der Waals surface area contributed by atoms with Crippen molar-refractivity contribution in [3.05, 3.63) is 15.6 Å². The second-order valence-corrected chi connectivity index (χ2v) is 5.87. The molecule has 0 bridgehead atoms. The molecule has 0 amide bonds. The predicted molar refractivity (Wildman–Crippen MR) is 64.7 cm³/mol. The largest absolute Gasteiger partial charge is 0.378 e. The number of rotatable bonds is 2. The lowest BCUT2D eigenvalue weighted by atomic mass is 9.99. The van der Waals surface area contributed by atoms with Gasteiger partial charge in [0.25, 0.3) is 0 Å². The van der Waals surface area contributed by atoms with E-state index < -0.39 is 0 Å². The predicted octanol–water partition coefficient (Wildman–Crippen LogP) is 2.20. The van der Waals surface area contributed by atoms with Crippen LogP contribution in [0.15, 0.2) is 0 Å². The zero-order chi connectivity index (χ0) is 11.0. The zero-order valence-corrected chi connectivity index (χ0v) is 10.3. The summed E-state index contributed by atoms with van der Waals surface area (Å²) in [5.41, 5.74) is 7.37. The van der Waals surface area contributed by atoms with Crippen molar-refractivity contribution in [1.29, 1.82) is 0 Å². The van der Waals surface area contributed by atoms with Crippen molar-refractivity contribution < 1.29 is 4.74 Å². The number of fused-ring (bicyclic) bond motifs is 1. The first kappa shape index (κ1) is 10.7. The third-order valence-corrected chi connectivity index (χ3v) is 4.72. The van der Waals surface area contributed by atoms with Crippen molar-refractivity contribution in [1.82, 2.24) is 4.98 Å². The third kappa shape index (κ3) is 2.01. The molecule has 1 aromatic heterocycles. The van der Waals surface area contributed by atoms with Gasteiger partial charge < -0.3 is 10.5 Å². The van der Waals surface area contributed by atoms with E-state index in [0.29, 0.717) is 6.10 Å². The first-order valence-electron chi connectivity index (χ1n) is 6.18. The van der Waals surface area contributed by atoms with Crippen molar-refractivity contribution in [3.8, 4) is 0 Å². The molecule has 2 N–H and O–H groups in total. The molecule has 16 heavy (non-hydrogen) atoms. The highest BCUT2D eigenvalue weighted by Crippen LogP contribution is 2.33. The van der Waals surface area contributed by atoms with Crippen molar-refractivity contribution >= 4 is 11.3 Å². The van der Waals surface area contributed by atoms with Gasteiger partial charge in [-0.15, -0.1) is 11.3 Å². The van der Waals surface area contributed by atoms with Crippen LogP contribution in [0, 0.1) is 0 Å². The minimum Gasteiger partial charge on any atom is -0.378 e. The summed E-state index contributed by atoms with van der Waals surface area (Å²) in [6, 6.07) is 0.236. The van der Waals surface area contributed by atoms with E-state index in [1.54, 1.807) is 0 Å². The summed E-state index contributed by atoms with van der Waals surface area (Å²) in [7, 11) is 0. The molecular formula is C12H18N2OS. The number of thiazole rings is 1. The molecule has 4 heteroatoms. The van der Waals surface area contributed by atoms with Crippen LogP contribution in [0.2, 0.25) is 0 Å². The Labute approximate surface area is 100 Å². The van der Waals surface area contributed by atoms with Crippen molar-refractivity contribution in [3.63, 3.8) is 0 Å². The van der Waals surface area contributed by atoms with E-state index in [-0.39, 0.29) is 6.04 Å². The van der Waals surface area contributed by atoms with Gasteiger partial charge >= 0.3 is 0 Å². The molecule has 0 aromatic carbocycles. The normalized spacial score (nSPS) is 29.3. The van der Waals surface area contributed by atoms with Crippen LogP contribution in [-0.2, 0) is 17.6 Å². The van der Waals surface area contributed by atoms with E-state index in [1.165, 1.54) is 34.8 Å². The second-order valence-electron chi connectivity index (χ2n) is 4.76. The number of hydrogen-bond acceptors (Lipinski definition) is 4. The minimum atomic E-state index is 0.236. The molecule has 88 valence electrons. The average molecular weight is 238 g/mol. The Morgan fingerprint density at radius 2 is 2.31 bits per heavy atom. The fourth-order valence-electron chi connectivity index (χ4n) is 2.59. The van der Waals surface area contributed by atoms with E-state index in [1.807, 2.05) is 11.3 Å². The number of aromatic nitrogens is 1. The molecule has 1 fully saturated rings. The topological polar surface area (TPSA) is 48.1 Å². The number of aryl methyl sites for hydroxylation is 1. The SMILES string of the molecule is NC1CCCc2nc(CC3CCCO3)sc21. The Morgan fingerprint density at radius 3 is 3.06 bits per heavy atom. The van der Waals surface area contributed by atoms with Crippen molar-refractivity contribution in [2.24, 2.45) is 5.73 Å². The average Bonchev–Trinajstić information content (AvgIpc) is 2.88. The van der Waals surface area contributed by atoms with E-state index in [2.05, 4.69) is 0 Å². The molecule has 1 aliphatic carbocycles. The van der Waals surface area contributed by atoms with Gasteiger partial charge in [-0.05, 0) is 32.1 Å². The maximum Gasteiger partial charge on any atom is 0.0957 e. The molecular weight excluding hydrogens is 220 g/mol. The summed E-state index contributed by atoms with van der Waals surface area (Å²) in [4.78, 5) is 6.06. The first-order chi connectivity index (χ1) is 7.83. The van der Waals surface area contributed by atoms with Crippen LogP contribution in [0.25, 0.3) is 0 Å². The number of nitrogens with zero attached hydrogens (tertiary/aromatic N) is 1. The molecule has 2 atom stereocenters. The standard InChI is InChI=1S/C12H18N2OS/c13-9-4-1-5-10-12(9)16-11(14-10)7-8-3-2-6-15-8/h8-9H,1-7,13H2. The molecule has 3 rings (SSSR count). The summed E-state index contributed by atoms with van der Waals surface area (Å²) in [5.74, 6) is 0. The summed E-state index contributed by atoms with van der Waals surface area (Å²) in [6.07, 6.45) is 7.22. The molecule has 2 unspecified atom stereocenters. The summed E-state index contributed by atoms with van der Waals surface area (Å²) < 4.78 is 5.65. The molecule has 1 saturated heterocycles. The Kier molecular flexibility index (Phi) is 2.96. The molecule has 2 heterocycles. The Hall–Kier alpha value is -0.450. The monoisotopic (exact) mass is 238 g/mol. The van der Waals surface area contributed by atoms with Gasteiger partial charge in [-0.2, -0.15) is 0 Å². The minimum absolute atomic E-state index is 0.236. The highest BCUT2D eigenvalue weighted by molar-refractivity contribution is 7.11. The second kappa shape index (κ2) is 4.43. The Bertz CT molecular complexity index is 371. The summed E-state index contributed by atoms with van der Waals surface area (Å²) >= 11 is 1.81. The van der Waals surface area contributed by atoms with Gasteiger partial charge in [-0.1, -0.05) is 0 Å². The molecule has 0 radical (unpaired) electrons. The van der Waals surface area contributed by atoms with Gasteiger partial charge in [0.15, 0.2) is 0 Å². The van der Waals surface area contributed by atoms with Gasteiger partial charge in [-0.3, -0.25) is 0 Å². The lowest BCUT2D eigenvalue weighted by molar-refractivity contribution is 0.111. The van der Waals surface area contributed by atoms with Crippen LogP contribution in [0.3, 0.4) is 0 Å². The Morgan fingerprint density at radius 1 is 1.38 bits per heavy atom. The van der Waals surface area contributed by atoms with Crippen molar-refractivity contribution in [2.75, 3.05) is 6.61 Å². The van der Waals surface area contributed by atoms with Crippen LogP contribution < -0.4 is 5.73 Å². The molecule has 0 spiro atoms. The van der Waals surface area contributed by atoms with Crippen LogP contribution in [0.5, 0.6) is 0 Å². The van der Waals surface area contributed by atoms with Crippen LogP contribution in [0.1, 0.15) is 47.3 Å². The lowest BCUT2D eigenvalue weighted by Gasteiger charge is -2.15. The number of hydrogen-bond donors (Lipinski definition) is 1. The fraction of sp³-hybridized carbons (Fsp3) is 0.750. The first-order valence-corrected chi connectivity index (χ1v) is 7.00. The van der Waals surface area contributed by atoms with E-state index in [4.69, 9.17) is 15.5 Å². The van der Waals surface area contributed by atoms with E-state index in [9.17, 15) is 0 Å². The van der Waals surface area contributed by atoms with Crippen LogP contribution in [-0.4, -0.2) is 17.7 Å². The highest BCUT2D eigenvalue weighted by atomic mass is 32.1. The maximum atomic E-state index is 6.11. The number of ether oxygens (including phenoxy) is 1. The van der Waals surface area contributed by atoms with Crippen LogP contribution in [0.4, 0.5) is 0 Å². The fourth-order valence-corrected chi connectivity index (χ4v) is 3.80. The van der Waals surface area contributed by atoms with E-state index >= 15 is 0 Å². The molecule has 0 saturated carbocycles. The lowest BCUT2D eigenvalue weighted by Crippen LogP contribution is -2.15. The maximum absolute atomic E-state index is 6.11. The molecule has 3 nitrogen and oxygen atoms in total.